The molecule has 0 aromatic heterocycles. The third-order valence-corrected chi connectivity index (χ3v) is 3.42. The van der Waals surface area contributed by atoms with Crippen LogP contribution in [-0.2, 0) is 0 Å². The SMILES string of the molecule is CN(C)c1ccc(C=CCC=Cc2ccc(Cl)cc2)cc1. The van der Waals surface area contributed by atoms with Gasteiger partial charge in [0, 0.05) is 24.8 Å². The van der Waals surface area contributed by atoms with Gasteiger partial charge in [0.1, 0.15) is 0 Å². The molecule has 0 N–H and O–H groups in total. The molecule has 0 unspecified atom stereocenters. The van der Waals surface area contributed by atoms with Crippen molar-refractivity contribution in [3.05, 3.63) is 76.8 Å². The molecule has 0 aliphatic heterocycles. The average Bonchev–Trinajstić information content (AvgIpc) is 2.49. The molecule has 0 aliphatic carbocycles. The summed E-state index contributed by atoms with van der Waals surface area (Å²) in [6.07, 6.45) is 9.48. The molecule has 0 radical (unpaired) electrons. The molecule has 0 fully saturated rings. The Morgan fingerprint density at radius 3 is 1.76 bits per heavy atom. The van der Waals surface area contributed by atoms with Gasteiger partial charge in [-0.25, -0.2) is 0 Å². The molecule has 0 bridgehead atoms. The molecule has 2 heteroatoms. The van der Waals surface area contributed by atoms with Crippen molar-refractivity contribution in [2.45, 2.75) is 6.42 Å². The third-order valence-electron chi connectivity index (χ3n) is 3.17. The van der Waals surface area contributed by atoms with Crippen LogP contribution in [0.3, 0.4) is 0 Å². The van der Waals surface area contributed by atoms with Gasteiger partial charge in [-0.15, -0.1) is 0 Å². The number of benzene rings is 2. The van der Waals surface area contributed by atoms with E-state index in [4.69, 9.17) is 11.6 Å². The first-order chi connectivity index (χ1) is 10.1. The Labute approximate surface area is 132 Å². The number of halogens is 1. The molecule has 0 amide bonds. The maximum absolute atomic E-state index is 5.86. The normalized spacial score (nSPS) is 11.4. The van der Waals surface area contributed by atoms with Gasteiger partial charge in [-0.3, -0.25) is 0 Å². The monoisotopic (exact) mass is 297 g/mol. The summed E-state index contributed by atoms with van der Waals surface area (Å²) in [4.78, 5) is 2.10. The van der Waals surface area contributed by atoms with E-state index in [1.807, 2.05) is 38.4 Å². The van der Waals surface area contributed by atoms with Gasteiger partial charge in [0.15, 0.2) is 0 Å². The Hall–Kier alpha value is -1.99. The largest absolute Gasteiger partial charge is 0.378 e. The van der Waals surface area contributed by atoms with E-state index in [0.717, 1.165) is 11.4 Å². The van der Waals surface area contributed by atoms with Crippen molar-refractivity contribution in [2.75, 3.05) is 19.0 Å². The number of rotatable bonds is 5. The molecule has 1 nitrogen and oxygen atoms in total. The highest BCUT2D eigenvalue weighted by molar-refractivity contribution is 6.30. The summed E-state index contributed by atoms with van der Waals surface area (Å²) in [5, 5.41) is 0.771. The standard InChI is InChI=1S/C19H20ClN/c1-21(2)19-14-10-17(11-15-19)7-5-3-4-6-16-8-12-18(20)13-9-16/h4-15H,3H2,1-2H3. The van der Waals surface area contributed by atoms with Crippen molar-refractivity contribution in [2.24, 2.45) is 0 Å². The van der Waals surface area contributed by atoms with Crippen LogP contribution >= 0.6 is 11.6 Å². The van der Waals surface area contributed by atoms with E-state index in [1.54, 1.807) is 0 Å². The van der Waals surface area contributed by atoms with E-state index in [1.165, 1.54) is 16.8 Å². The second-order valence-corrected chi connectivity index (χ2v) is 5.51. The van der Waals surface area contributed by atoms with Crippen molar-refractivity contribution in [1.82, 2.24) is 0 Å². The number of anilines is 1. The quantitative estimate of drug-likeness (QED) is 0.702. The van der Waals surface area contributed by atoms with Gasteiger partial charge in [0.25, 0.3) is 0 Å². The molecule has 2 aromatic rings. The van der Waals surface area contributed by atoms with Crippen LogP contribution in [0, 0.1) is 0 Å². The summed E-state index contributed by atoms with van der Waals surface area (Å²) in [6, 6.07) is 16.4. The van der Waals surface area contributed by atoms with Crippen LogP contribution in [-0.4, -0.2) is 14.1 Å². The van der Waals surface area contributed by atoms with Crippen LogP contribution in [0.5, 0.6) is 0 Å². The van der Waals surface area contributed by atoms with E-state index in [0.29, 0.717) is 0 Å². The molecule has 108 valence electrons. The minimum atomic E-state index is 0.771. The lowest BCUT2D eigenvalue weighted by Crippen LogP contribution is -2.07. The lowest BCUT2D eigenvalue weighted by Gasteiger charge is -2.11. The van der Waals surface area contributed by atoms with Crippen molar-refractivity contribution in [3.63, 3.8) is 0 Å². The molecule has 0 saturated carbocycles. The van der Waals surface area contributed by atoms with Crippen molar-refractivity contribution >= 4 is 29.4 Å². The smallest absolute Gasteiger partial charge is 0.0406 e. The summed E-state index contributed by atoms with van der Waals surface area (Å²) in [5.41, 5.74) is 3.61. The van der Waals surface area contributed by atoms with E-state index in [2.05, 4.69) is 53.5 Å². The molecule has 0 saturated heterocycles. The van der Waals surface area contributed by atoms with Gasteiger partial charge in [0.2, 0.25) is 0 Å². The third kappa shape index (κ3) is 5.13. The number of hydrogen-bond donors (Lipinski definition) is 0. The molecule has 21 heavy (non-hydrogen) atoms. The highest BCUT2D eigenvalue weighted by atomic mass is 35.5. The fourth-order valence-corrected chi connectivity index (χ4v) is 2.07. The molecular formula is C19H20ClN. The van der Waals surface area contributed by atoms with Crippen molar-refractivity contribution in [3.8, 4) is 0 Å². The van der Waals surface area contributed by atoms with Crippen LogP contribution < -0.4 is 4.90 Å². The predicted octanol–water partition coefficient (Wildman–Crippen LogP) is 5.52. The van der Waals surface area contributed by atoms with Crippen LogP contribution in [0.25, 0.3) is 12.2 Å². The van der Waals surface area contributed by atoms with Gasteiger partial charge in [0.05, 0.1) is 0 Å². The summed E-state index contributed by atoms with van der Waals surface area (Å²) in [6.45, 7) is 0. The van der Waals surface area contributed by atoms with E-state index >= 15 is 0 Å². The fraction of sp³-hybridized carbons (Fsp3) is 0.158. The molecule has 2 rings (SSSR count). The van der Waals surface area contributed by atoms with E-state index in [-0.39, 0.29) is 0 Å². The van der Waals surface area contributed by atoms with E-state index in [9.17, 15) is 0 Å². The molecule has 0 atom stereocenters. The molecule has 2 aromatic carbocycles. The van der Waals surface area contributed by atoms with Gasteiger partial charge >= 0.3 is 0 Å². The Bertz CT molecular complexity index is 607. The molecule has 0 spiro atoms. The average molecular weight is 298 g/mol. The van der Waals surface area contributed by atoms with Gasteiger partial charge in [-0.2, -0.15) is 0 Å². The van der Waals surface area contributed by atoms with Crippen molar-refractivity contribution < 1.29 is 0 Å². The van der Waals surface area contributed by atoms with Crippen molar-refractivity contribution in [1.29, 1.82) is 0 Å². The molecule has 0 aliphatic rings. The molecular weight excluding hydrogens is 278 g/mol. The lowest BCUT2D eigenvalue weighted by atomic mass is 10.1. The zero-order chi connectivity index (χ0) is 15.1. The first-order valence-electron chi connectivity index (χ1n) is 7.01. The second-order valence-electron chi connectivity index (χ2n) is 5.08. The Morgan fingerprint density at radius 2 is 1.29 bits per heavy atom. The number of hydrogen-bond acceptors (Lipinski definition) is 1. The van der Waals surface area contributed by atoms with Gasteiger partial charge < -0.3 is 4.90 Å². The Kier molecular flexibility index (Phi) is 5.65. The van der Waals surface area contributed by atoms with Crippen LogP contribution in [0.15, 0.2) is 60.7 Å². The summed E-state index contributed by atoms with van der Waals surface area (Å²) < 4.78 is 0. The Balaban J connectivity index is 1.86. The lowest BCUT2D eigenvalue weighted by molar-refractivity contribution is 1.13. The summed E-state index contributed by atoms with van der Waals surface area (Å²) in [5.74, 6) is 0. The number of allylic oxidation sites excluding steroid dienone is 2. The summed E-state index contributed by atoms with van der Waals surface area (Å²) >= 11 is 5.86. The first kappa shape index (κ1) is 15.4. The minimum absolute atomic E-state index is 0.771. The van der Waals surface area contributed by atoms with Gasteiger partial charge in [-0.1, -0.05) is 60.2 Å². The maximum atomic E-state index is 5.86. The second kappa shape index (κ2) is 7.70. The summed E-state index contributed by atoms with van der Waals surface area (Å²) in [7, 11) is 4.10. The fourth-order valence-electron chi connectivity index (χ4n) is 1.94. The minimum Gasteiger partial charge on any atom is -0.378 e. The van der Waals surface area contributed by atoms with Crippen LogP contribution in [0.1, 0.15) is 17.5 Å². The van der Waals surface area contributed by atoms with Gasteiger partial charge in [-0.05, 0) is 41.8 Å². The zero-order valence-corrected chi connectivity index (χ0v) is 13.2. The number of nitrogens with zero attached hydrogens (tertiary/aromatic N) is 1. The predicted molar refractivity (Wildman–Crippen MR) is 94.9 cm³/mol. The maximum Gasteiger partial charge on any atom is 0.0406 e. The first-order valence-corrected chi connectivity index (χ1v) is 7.39. The highest BCUT2D eigenvalue weighted by Gasteiger charge is 1.93. The topological polar surface area (TPSA) is 3.24 Å². The van der Waals surface area contributed by atoms with E-state index < -0.39 is 0 Å². The molecule has 0 heterocycles. The van der Waals surface area contributed by atoms with Crippen LogP contribution in [0.4, 0.5) is 5.69 Å². The Morgan fingerprint density at radius 1 is 0.810 bits per heavy atom. The highest BCUT2D eigenvalue weighted by Crippen LogP contribution is 2.14. The zero-order valence-electron chi connectivity index (χ0n) is 12.5. The van der Waals surface area contributed by atoms with Crippen LogP contribution in [0.2, 0.25) is 5.02 Å².